The molecule has 1 heterocycles. The SMILES string of the molecule is CCCCC(O)C1CCCC(C)O1. The molecule has 0 radical (unpaired) electrons. The Kier molecular flexibility index (Phi) is 4.74. The van der Waals surface area contributed by atoms with Crippen LogP contribution in [0.1, 0.15) is 52.4 Å². The van der Waals surface area contributed by atoms with Gasteiger partial charge in [-0.3, -0.25) is 0 Å². The van der Waals surface area contributed by atoms with Gasteiger partial charge in [-0.05, 0) is 32.6 Å². The van der Waals surface area contributed by atoms with Crippen LogP contribution >= 0.6 is 0 Å². The largest absolute Gasteiger partial charge is 0.390 e. The Bertz CT molecular complexity index is 136. The number of aliphatic hydroxyl groups is 1. The van der Waals surface area contributed by atoms with Crippen LogP contribution in [0, 0.1) is 0 Å². The van der Waals surface area contributed by atoms with E-state index in [1.807, 2.05) is 0 Å². The maximum atomic E-state index is 9.80. The van der Waals surface area contributed by atoms with Crippen molar-refractivity contribution in [1.29, 1.82) is 0 Å². The third-order valence-corrected chi connectivity index (χ3v) is 2.79. The van der Waals surface area contributed by atoms with Crippen molar-refractivity contribution < 1.29 is 9.84 Å². The summed E-state index contributed by atoms with van der Waals surface area (Å²) in [7, 11) is 0. The van der Waals surface area contributed by atoms with Crippen molar-refractivity contribution in [3.8, 4) is 0 Å². The molecule has 1 aliphatic heterocycles. The highest BCUT2D eigenvalue weighted by atomic mass is 16.5. The first kappa shape index (κ1) is 11.0. The summed E-state index contributed by atoms with van der Waals surface area (Å²) in [5, 5.41) is 9.80. The van der Waals surface area contributed by atoms with Crippen molar-refractivity contribution in [3.05, 3.63) is 0 Å². The molecule has 0 amide bonds. The molecule has 0 aromatic rings. The standard InChI is InChI=1S/C11H22O2/c1-3-4-7-10(12)11-8-5-6-9(2)13-11/h9-12H,3-8H2,1-2H3. The van der Waals surface area contributed by atoms with Crippen LogP contribution in [-0.4, -0.2) is 23.4 Å². The quantitative estimate of drug-likeness (QED) is 0.731. The fourth-order valence-electron chi connectivity index (χ4n) is 1.92. The number of aliphatic hydroxyl groups excluding tert-OH is 1. The lowest BCUT2D eigenvalue weighted by Crippen LogP contribution is -2.35. The number of unbranched alkanes of at least 4 members (excludes halogenated alkanes) is 1. The normalized spacial score (nSPS) is 31.6. The molecule has 13 heavy (non-hydrogen) atoms. The van der Waals surface area contributed by atoms with Crippen molar-refractivity contribution in [2.24, 2.45) is 0 Å². The molecule has 1 saturated heterocycles. The number of hydrogen-bond acceptors (Lipinski definition) is 2. The fraction of sp³-hybridized carbons (Fsp3) is 1.00. The minimum Gasteiger partial charge on any atom is -0.390 e. The fourth-order valence-corrected chi connectivity index (χ4v) is 1.92. The van der Waals surface area contributed by atoms with Crippen molar-refractivity contribution in [1.82, 2.24) is 0 Å². The Hall–Kier alpha value is -0.0800. The molecular formula is C11H22O2. The van der Waals surface area contributed by atoms with E-state index in [4.69, 9.17) is 4.74 Å². The van der Waals surface area contributed by atoms with Gasteiger partial charge in [0.1, 0.15) is 0 Å². The molecule has 0 aliphatic carbocycles. The van der Waals surface area contributed by atoms with E-state index in [2.05, 4.69) is 13.8 Å². The maximum Gasteiger partial charge on any atom is 0.0837 e. The van der Waals surface area contributed by atoms with E-state index in [0.717, 1.165) is 32.1 Å². The molecule has 0 spiro atoms. The van der Waals surface area contributed by atoms with Gasteiger partial charge in [-0.15, -0.1) is 0 Å². The van der Waals surface area contributed by atoms with Gasteiger partial charge >= 0.3 is 0 Å². The van der Waals surface area contributed by atoms with Crippen molar-refractivity contribution in [2.45, 2.75) is 70.7 Å². The van der Waals surface area contributed by atoms with E-state index in [1.54, 1.807) is 0 Å². The van der Waals surface area contributed by atoms with Crippen LogP contribution in [0.3, 0.4) is 0 Å². The van der Waals surface area contributed by atoms with Gasteiger partial charge in [0.25, 0.3) is 0 Å². The second-order valence-corrected chi connectivity index (χ2v) is 4.13. The first-order valence-corrected chi connectivity index (χ1v) is 5.57. The van der Waals surface area contributed by atoms with E-state index in [-0.39, 0.29) is 12.2 Å². The highest BCUT2D eigenvalue weighted by Gasteiger charge is 2.25. The van der Waals surface area contributed by atoms with Crippen LogP contribution < -0.4 is 0 Å². The zero-order chi connectivity index (χ0) is 9.68. The Morgan fingerprint density at radius 1 is 1.46 bits per heavy atom. The third-order valence-electron chi connectivity index (χ3n) is 2.79. The summed E-state index contributed by atoms with van der Waals surface area (Å²) in [5.74, 6) is 0. The Balaban J connectivity index is 2.24. The van der Waals surface area contributed by atoms with E-state index in [1.165, 1.54) is 6.42 Å². The molecule has 0 aromatic heterocycles. The molecule has 0 aromatic carbocycles. The second-order valence-electron chi connectivity index (χ2n) is 4.13. The second kappa shape index (κ2) is 5.61. The molecule has 3 atom stereocenters. The summed E-state index contributed by atoms with van der Waals surface area (Å²) >= 11 is 0. The number of rotatable bonds is 4. The monoisotopic (exact) mass is 186 g/mol. The molecule has 3 unspecified atom stereocenters. The first-order chi connectivity index (χ1) is 6.24. The molecule has 1 aliphatic rings. The zero-order valence-electron chi connectivity index (χ0n) is 8.83. The van der Waals surface area contributed by atoms with E-state index in [0.29, 0.717) is 6.10 Å². The van der Waals surface area contributed by atoms with Crippen LogP contribution in [0.2, 0.25) is 0 Å². The Morgan fingerprint density at radius 2 is 2.23 bits per heavy atom. The lowest BCUT2D eigenvalue weighted by molar-refractivity contribution is -0.100. The van der Waals surface area contributed by atoms with Crippen molar-refractivity contribution in [3.63, 3.8) is 0 Å². The average Bonchev–Trinajstić information content (AvgIpc) is 2.14. The molecule has 0 bridgehead atoms. The van der Waals surface area contributed by atoms with Crippen molar-refractivity contribution in [2.75, 3.05) is 0 Å². The molecule has 1 fully saturated rings. The minimum absolute atomic E-state index is 0.107. The van der Waals surface area contributed by atoms with Gasteiger partial charge in [0, 0.05) is 0 Å². The summed E-state index contributed by atoms with van der Waals surface area (Å²) < 4.78 is 5.70. The third kappa shape index (κ3) is 3.65. The highest BCUT2D eigenvalue weighted by Crippen LogP contribution is 2.22. The van der Waals surface area contributed by atoms with Crippen LogP contribution in [0.4, 0.5) is 0 Å². The van der Waals surface area contributed by atoms with E-state index < -0.39 is 0 Å². The highest BCUT2D eigenvalue weighted by molar-refractivity contribution is 4.74. The summed E-state index contributed by atoms with van der Waals surface area (Å²) in [5.41, 5.74) is 0. The zero-order valence-corrected chi connectivity index (χ0v) is 8.83. The van der Waals surface area contributed by atoms with E-state index >= 15 is 0 Å². The molecule has 2 nitrogen and oxygen atoms in total. The van der Waals surface area contributed by atoms with Gasteiger partial charge in [-0.1, -0.05) is 19.8 Å². The Labute approximate surface area is 81.3 Å². The molecule has 2 heteroatoms. The topological polar surface area (TPSA) is 29.5 Å². The summed E-state index contributed by atoms with van der Waals surface area (Å²) in [6.45, 7) is 4.25. The van der Waals surface area contributed by atoms with Crippen LogP contribution in [0.5, 0.6) is 0 Å². The lowest BCUT2D eigenvalue weighted by atomic mass is 9.98. The summed E-state index contributed by atoms with van der Waals surface area (Å²) in [6, 6.07) is 0. The van der Waals surface area contributed by atoms with Crippen LogP contribution in [-0.2, 0) is 4.74 Å². The summed E-state index contributed by atoms with van der Waals surface area (Å²) in [6.07, 6.45) is 6.76. The predicted molar refractivity (Wildman–Crippen MR) is 53.7 cm³/mol. The van der Waals surface area contributed by atoms with Gasteiger partial charge in [0.15, 0.2) is 0 Å². The van der Waals surface area contributed by atoms with Gasteiger partial charge in [0.05, 0.1) is 18.3 Å². The van der Waals surface area contributed by atoms with Gasteiger partial charge in [-0.2, -0.15) is 0 Å². The smallest absolute Gasteiger partial charge is 0.0837 e. The summed E-state index contributed by atoms with van der Waals surface area (Å²) in [4.78, 5) is 0. The minimum atomic E-state index is -0.234. The molecular weight excluding hydrogens is 164 g/mol. The lowest BCUT2D eigenvalue weighted by Gasteiger charge is -2.31. The molecule has 78 valence electrons. The average molecular weight is 186 g/mol. The molecule has 1 rings (SSSR count). The van der Waals surface area contributed by atoms with Gasteiger partial charge < -0.3 is 9.84 Å². The first-order valence-electron chi connectivity index (χ1n) is 5.57. The van der Waals surface area contributed by atoms with Crippen LogP contribution in [0.15, 0.2) is 0 Å². The maximum absolute atomic E-state index is 9.80. The number of ether oxygens (including phenoxy) is 1. The van der Waals surface area contributed by atoms with E-state index in [9.17, 15) is 5.11 Å². The molecule has 1 N–H and O–H groups in total. The van der Waals surface area contributed by atoms with Crippen LogP contribution in [0.25, 0.3) is 0 Å². The predicted octanol–water partition coefficient (Wildman–Crippen LogP) is 2.50. The molecule has 0 saturated carbocycles. The van der Waals surface area contributed by atoms with Gasteiger partial charge in [-0.25, -0.2) is 0 Å². The van der Waals surface area contributed by atoms with Gasteiger partial charge in [0.2, 0.25) is 0 Å². The number of hydrogen-bond donors (Lipinski definition) is 1. The Morgan fingerprint density at radius 3 is 2.85 bits per heavy atom. The van der Waals surface area contributed by atoms with Crippen molar-refractivity contribution >= 4 is 0 Å².